The van der Waals surface area contributed by atoms with Crippen molar-refractivity contribution in [2.75, 3.05) is 27.2 Å². The maximum Gasteiger partial charge on any atom is 0.103 e. The molecule has 0 aliphatic carbocycles. The molecular weight excluding hydrogens is 176 g/mol. The van der Waals surface area contributed by atoms with Gasteiger partial charge in [0.2, 0.25) is 0 Å². The van der Waals surface area contributed by atoms with E-state index in [1.165, 1.54) is 0 Å². The average molecular weight is 194 g/mol. The molecule has 0 saturated carbocycles. The quantitative estimate of drug-likeness (QED) is 0.675. The molecule has 1 N–H and O–H groups in total. The van der Waals surface area contributed by atoms with Crippen molar-refractivity contribution in [1.29, 1.82) is 0 Å². The van der Waals surface area contributed by atoms with Crippen LogP contribution in [-0.2, 0) is 6.54 Å². The summed E-state index contributed by atoms with van der Waals surface area (Å²) in [6, 6.07) is 9.89. The molecule has 0 bridgehead atoms. The molecule has 1 rings (SSSR count). The molecule has 0 aliphatic heterocycles. The topological polar surface area (TPSA) is 30.7 Å². The van der Waals surface area contributed by atoms with Crippen LogP contribution in [0, 0.1) is 5.21 Å². The summed E-state index contributed by atoms with van der Waals surface area (Å²) in [7, 11) is 3.96. The summed E-state index contributed by atoms with van der Waals surface area (Å²) < 4.78 is 0. The van der Waals surface area contributed by atoms with E-state index in [-0.39, 0.29) is 0 Å². The molecule has 1 atom stereocenters. The third-order valence-electron chi connectivity index (χ3n) is 2.08. The van der Waals surface area contributed by atoms with Gasteiger partial charge in [-0.3, -0.25) is 0 Å². The van der Waals surface area contributed by atoms with Gasteiger partial charge >= 0.3 is 0 Å². The molecule has 0 aromatic heterocycles. The zero-order valence-corrected chi connectivity index (χ0v) is 8.86. The highest BCUT2D eigenvalue weighted by atomic mass is 16.5. The van der Waals surface area contributed by atoms with E-state index in [2.05, 4.69) is 0 Å². The summed E-state index contributed by atoms with van der Waals surface area (Å²) in [5, 5.41) is 11.8. The highest BCUT2D eigenvalue weighted by Gasteiger charge is 1.99. The van der Waals surface area contributed by atoms with Crippen LogP contribution in [0.2, 0.25) is 0 Å². The predicted octanol–water partition coefficient (Wildman–Crippen LogP) is 0.131. The van der Waals surface area contributed by atoms with Gasteiger partial charge in [0.15, 0.2) is 0 Å². The number of rotatable bonds is 5. The third-order valence-corrected chi connectivity index (χ3v) is 2.08. The van der Waals surface area contributed by atoms with Crippen molar-refractivity contribution >= 4 is 0 Å². The van der Waals surface area contributed by atoms with Crippen LogP contribution in [0.3, 0.4) is 0 Å². The van der Waals surface area contributed by atoms with Gasteiger partial charge in [-0.1, -0.05) is 30.3 Å². The summed E-state index contributed by atoms with van der Waals surface area (Å²) in [4.78, 5) is 2.03. The zero-order valence-electron chi connectivity index (χ0n) is 8.86. The van der Waals surface area contributed by atoms with Crippen molar-refractivity contribution < 1.29 is 5.06 Å². The van der Waals surface area contributed by atoms with Crippen molar-refractivity contribution in [1.82, 2.24) is 4.90 Å². The van der Waals surface area contributed by atoms with Crippen molar-refractivity contribution in [3.05, 3.63) is 41.1 Å². The van der Waals surface area contributed by atoms with E-state index < -0.39 is 0 Å². The fourth-order valence-electron chi connectivity index (χ4n) is 1.26. The lowest BCUT2D eigenvalue weighted by molar-refractivity contribution is -0.862. The molecule has 14 heavy (non-hydrogen) atoms. The number of hydroxylamine groups is 2. The lowest BCUT2D eigenvalue weighted by atomic mass is 10.2. The molecule has 0 saturated heterocycles. The van der Waals surface area contributed by atoms with Gasteiger partial charge in [-0.15, -0.1) is 0 Å². The minimum absolute atomic E-state index is 0.310. The molecule has 78 valence electrons. The molecular formula is C11H18N2O. The van der Waals surface area contributed by atoms with Gasteiger partial charge in [0.1, 0.15) is 6.54 Å². The Hall–Kier alpha value is -0.900. The molecule has 1 aromatic carbocycles. The van der Waals surface area contributed by atoms with Crippen molar-refractivity contribution in [3.63, 3.8) is 0 Å². The molecule has 3 heteroatoms. The Labute approximate surface area is 85.5 Å². The highest BCUT2D eigenvalue weighted by molar-refractivity contribution is 5.13. The summed E-state index contributed by atoms with van der Waals surface area (Å²) in [6.07, 6.45) is 0. The smallest absolute Gasteiger partial charge is 0.103 e. The average Bonchev–Trinajstić information content (AvgIpc) is 2.16. The van der Waals surface area contributed by atoms with Crippen LogP contribution in [0.15, 0.2) is 30.3 Å². The second-order valence-corrected chi connectivity index (χ2v) is 3.75. The molecule has 0 spiro atoms. The number of nitrogens with one attached hydrogen (secondary N) is 1. The van der Waals surface area contributed by atoms with E-state index in [1.807, 2.05) is 49.3 Å². The second kappa shape index (κ2) is 5.75. The standard InChI is InChI=1S/C11H18N2O/c1-12(2)8-9-13(14)10-11-6-4-3-5-7-11/h3-7,13H,8-10H2,1-2H3. The van der Waals surface area contributed by atoms with E-state index in [0.717, 1.165) is 12.1 Å². The normalized spacial score (nSPS) is 13.1. The second-order valence-electron chi connectivity index (χ2n) is 3.75. The molecule has 3 nitrogen and oxygen atoms in total. The van der Waals surface area contributed by atoms with E-state index in [1.54, 1.807) is 0 Å². The van der Waals surface area contributed by atoms with Crippen LogP contribution in [0.25, 0.3) is 0 Å². The highest BCUT2D eigenvalue weighted by Crippen LogP contribution is 1.94. The Balaban J connectivity index is 2.30. The van der Waals surface area contributed by atoms with Gasteiger partial charge in [-0.05, 0) is 14.1 Å². The number of nitrogens with zero attached hydrogens (tertiary/aromatic N) is 1. The van der Waals surface area contributed by atoms with E-state index in [4.69, 9.17) is 0 Å². The minimum atomic E-state index is 0.310. The van der Waals surface area contributed by atoms with Crippen LogP contribution in [0.4, 0.5) is 0 Å². The number of likely N-dealkylation sites (N-methyl/N-ethyl adjacent to an activating group) is 1. The van der Waals surface area contributed by atoms with E-state index in [0.29, 0.717) is 18.2 Å². The predicted molar refractivity (Wildman–Crippen MR) is 57.9 cm³/mol. The first kappa shape index (κ1) is 11.2. The van der Waals surface area contributed by atoms with Gasteiger partial charge in [0.05, 0.1) is 6.54 Å². The fraction of sp³-hybridized carbons (Fsp3) is 0.455. The van der Waals surface area contributed by atoms with Crippen LogP contribution < -0.4 is 5.06 Å². The maximum atomic E-state index is 11.5. The van der Waals surface area contributed by atoms with Crippen LogP contribution >= 0.6 is 0 Å². The largest absolute Gasteiger partial charge is 0.634 e. The van der Waals surface area contributed by atoms with Crippen molar-refractivity contribution in [3.8, 4) is 0 Å². The Morgan fingerprint density at radius 3 is 2.43 bits per heavy atom. The van der Waals surface area contributed by atoms with Crippen molar-refractivity contribution in [2.45, 2.75) is 6.54 Å². The molecule has 1 aromatic rings. The molecule has 0 radical (unpaired) electrons. The summed E-state index contributed by atoms with van der Waals surface area (Å²) in [5.41, 5.74) is 1.11. The molecule has 0 amide bonds. The Bertz CT molecular complexity index is 249. The Morgan fingerprint density at radius 2 is 1.86 bits per heavy atom. The first-order valence-corrected chi connectivity index (χ1v) is 4.89. The number of quaternary nitrogens is 1. The number of hydrogen-bond acceptors (Lipinski definition) is 2. The molecule has 0 aliphatic rings. The third kappa shape index (κ3) is 4.37. The van der Waals surface area contributed by atoms with E-state index >= 15 is 0 Å². The van der Waals surface area contributed by atoms with Gasteiger partial charge in [-0.25, -0.2) is 0 Å². The van der Waals surface area contributed by atoms with Crippen LogP contribution in [0.1, 0.15) is 5.56 Å². The zero-order chi connectivity index (χ0) is 10.4. The minimum Gasteiger partial charge on any atom is -0.634 e. The van der Waals surface area contributed by atoms with E-state index in [9.17, 15) is 5.21 Å². The van der Waals surface area contributed by atoms with Crippen LogP contribution in [0.5, 0.6) is 0 Å². The number of benzene rings is 1. The molecule has 0 fully saturated rings. The van der Waals surface area contributed by atoms with Crippen molar-refractivity contribution in [2.24, 2.45) is 0 Å². The lowest BCUT2D eigenvalue weighted by Crippen LogP contribution is -3.06. The first-order valence-electron chi connectivity index (χ1n) is 4.89. The summed E-state index contributed by atoms with van der Waals surface area (Å²) in [6.45, 7) is 2.04. The number of hydrogen-bond donors (Lipinski definition) is 1. The van der Waals surface area contributed by atoms with Gasteiger partial charge in [-0.2, -0.15) is 0 Å². The van der Waals surface area contributed by atoms with Gasteiger partial charge in [0, 0.05) is 12.1 Å². The fourth-order valence-corrected chi connectivity index (χ4v) is 1.26. The summed E-state index contributed by atoms with van der Waals surface area (Å²) in [5.74, 6) is 0. The Kier molecular flexibility index (Phi) is 4.59. The monoisotopic (exact) mass is 194 g/mol. The van der Waals surface area contributed by atoms with Gasteiger partial charge in [0.25, 0.3) is 0 Å². The van der Waals surface area contributed by atoms with Gasteiger partial charge < -0.3 is 15.2 Å². The first-order chi connectivity index (χ1) is 6.68. The molecule has 1 unspecified atom stereocenters. The summed E-state index contributed by atoms with van der Waals surface area (Å²) >= 11 is 0. The maximum absolute atomic E-state index is 11.5. The molecule has 0 heterocycles. The Morgan fingerprint density at radius 1 is 1.21 bits per heavy atom. The lowest BCUT2D eigenvalue weighted by Gasteiger charge is -2.23. The SMILES string of the molecule is CN(C)CC[NH+]([O-])Cc1ccccc1. The van der Waals surface area contributed by atoms with Crippen LogP contribution in [-0.4, -0.2) is 32.1 Å².